The average Bonchev–Trinajstić information content (AvgIpc) is 3.62. The summed E-state index contributed by atoms with van der Waals surface area (Å²) in [7, 11) is 1.20. The summed E-state index contributed by atoms with van der Waals surface area (Å²) in [4.78, 5) is 52.7. The molecule has 1 aromatic carbocycles. The normalized spacial score (nSPS) is 14.9. The minimum Gasteiger partial charge on any atom is -0.508 e. The molecule has 3 amide bonds. The molecule has 0 aromatic heterocycles. The van der Waals surface area contributed by atoms with Crippen LogP contribution >= 0.6 is 11.8 Å². The highest BCUT2D eigenvalue weighted by Gasteiger charge is 2.44. The van der Waals surface area contributed by atoms with Gasteiger partial charge in [-0.3, -0.25) is 14.4 Å². The van der Waals surface area contributed by atoms with Gasteiger partial charge >= 0.3 is 12.1 Å². The van der Waals surface area contributed by atoms with Crippen molar-refractivity contribution in [3.05, 3.63) is 29.8 Å². The molecule has 2 unspecified atom stereocenters. The number of nitrogens with zero attached hydrogens (tertiary/aromatic N) is 1. The van der Waals surface area contributed by atoms with E-state index in [1.807, 2.05) is 6.26 Å². The molecule has 0 radical (unpaired) electrons. The van der Waals surface area contributed by atoms with E-state index in [9.17, 15) is 24.3 Å². The smallest absolute Gasteiger partial charge is 0.408 e. The van der Waals surface area contributed by atoms with Crippen molar-refractivity contribution in [3.8, 4) is 5.75 Å². The number of ether oxygens (including phenoxy) is 2. The van der Waals surface area contributed by atoms with Crippen LogP contribution in [0.2, 0.25) is 0 Å². The number of para-hydroxylation sites is 1. The Morgan fingerprint density at radius 1 is 1.20 bits per heavy atom. The fraction of sp³-hybridized carbons (Fsp3) is 0.583. The molecule has 1 aliphatic rings. The van der Waals surface area contributed by atoms with Crippen LogP contribution in [0.15, 0.2) is 24.3 Å². The van der Waals surface area contributed by atoms with Gasteiger partial charge in [-0.1, -0.05) is 18.2 Å². The predicted octanol–water partition coefficient (Wildman–Crippen LogP) is 2.36. The highest BCUT2D eigenvalue weighted by atomic mass is 32.2. The van der Waals surface area contributed by atoms with Gasteiger partial charge in [-0.05, 0) is 58.1 Å². The van der Waals surface area contributed by atoms with Crippen LogP contribution in [-0.4, -0.2) is 77.2 Å². The van der Waals surface area contributed by atoms with E-state index in [1.165, 1.54) is 29.8 Å². The van der Waals surface area contributed by atoms with Crippen LogP contribution in [0.1, 0.15) is 51.6 Å². The monoisotopic (exact) mass is 509 g/mol. The van der Waals surface area contributed by atoms with E-state index in [1.54, 1.807) is 39.0 Å². The highest BCUT2D eigenvalue weighted by Crippen LogP contribution is 2.38. The number of phenols is 1. The van der Waals surface area contributed by atoms with Crippen LogP contribution in [0.3, 0.4) is 0 Å². The quantitative estimate of drug-likeness (QED) is 0.387. The maximum Gasteiger partial charge on any atom is 0.408 e. The minimum absolute atomic E-state index is 0.162. The second-order valence-electron chi connectivity index (χ2n) is 9.21. The number of hydrogen-bond donors (Lipinski definition) is 3. The number of alkyl carbamates (subject to hydrolysis) is 1. The summed E-state index contributed by atoms with van der Waals surface area (Å²) < 4.78 is 9.94. The Bertz CT molecular complexity index is 915. The summed E-state index contributed by atoms with van der Waals surface area (Å²) in [6.45, 7) is 4.78. The molecule has 0 spiro atoms. The fourth-order valence-electron chi connectivity index (χ4n) is 3.46. The highest BCUT2D eigenvalue weighted by molar-refractivity contribution is 7.98. The van der Waals surface area contributed by atoms with Crippen molar-refractivity contribution in [2.24, 2.45) is 0 Å². The first kappa shape index (κ1) is 28.3. The Morgan fingerprint density at radius 2 is 1.86 bits per heavy atom. The van der Waals surface area contributed by atoms with Crippen LogP contribution in [0.5, 0.6) is 5.75 Å². The van der Waals surface area contributed by atoms with E-state index in [4.69, 9.17) is 4.74 Å². The van der Waals surface area contributed by atoms with Crippen LogP contribution in [0, 0.1) is 0 Å². The third kappa shape index (κ3) is 8.65. The van der Waals surface area contributed by atoms with Crippen molar-refractivity contribution in [2.45, 2.75) is 63.8 Å². The Morgan fingerprint density at radius 3 is 2.40 bits per heavy atom. The Kier molecular flexibility index (Phi) is 10.2. The molecule has 2 atom stereocenters. The number of carbonyl (C=O) groups is 4. The van der Waals surface area contributed by atoms with Gasteiger partial charge in [-0.25, -0.2) is 4.79 Å². The van der Waals surface area contributed by atoms with Crippen LogP contribution in [0.4, 0.5) is 4.79 Å². The van der Waals surface area contributed by atoms with Gasteiger partial charge in [-0.2, -0.15) is 11.8 Å². The molecule has 3 N–H and O–H groups in total. The standard InChI is InChI=1S/C24H35N3O7S/c1-24(2,3)34-23(32)26-17(12-13-35-5)22(31)27(15-10-11-15)20(16-8-6-7-9-18(16)28)21(30)25-14-19(29)33-4/h6-9,15,17,20,28H,10-14H2,1-5H3,(H,25,30)(H,26,32). The SMILES string of the molecule is COC(=O)CNC(=O)C(c1ccccc1O)N(C(=O)C(CCSC)NC(=O)OC(C)(C)C)C1CC1. The van der Waals surface area contributed by atoms with Gasteiger partial charge in [0.1, 0.15) is 30.0 Å². The first-order valence-corrected chi connectivity index (χ1v) is 12.8. The van der Waals surface area contributed by atoms with Gasteiger partial charge in [-0.15, -0.1) is 0 Å². The number of esters is 1. The van der Waals surface area contributed by atoms with Gasteiger partial charge in [0.25, 0.3) is 0 Å². The molecule has 10 nitrogen and oxygen atoms in total. The van der Waals surface area contributed by atoms with Crippen molar-refractivity contribution in [1.82, 2.24) is 15.5 Å². The van der Waals surface area contributed by atoms with Crippen molar-refractivity contribution >= 4 is 35.6 Å². The van der Waals surface area contributed by atoms with Crippen LogP contribution < -0.4 is 10.6 Å². The number of methoxy groups -OCH3 is 1. The summed E-state index contributed by atoms with van der Waals surface area (Å²) in [5.74, 6) is -1.33. The number of benzene rings is 1. The molecule has 35 heavy (non-hydrogen) atoms. The largest absolute Gasteiger partial charge is 0.508 e. The van der Waals surface area contributed by atoms with E-state index in [0.29, 0.717) is 25.0 Å². The lowest BCUT2D eigenvalue weighted by Crippen LogP contribution is -2.54. The summed E-state index contributed by atoms with van der Waals surface area (Å²) in [5, 5.41) is 15.7. The summed E-state index contributed by atoms with van der Waals surface area (Å²) >= 11 is 1.52. The van der Waals surface area contributed by atoms with E-state index < -0.39 is 48.1 Å². The molecule has 2 rings (SSSR count). The zero-order valence-corrected chi connectivity index (χ0v) is 21.6. The Hall–Kier alpha value is -2.95. The summed E-state index contributed by atoms with van der Waals surface area (Å²) in [6.07, 6.45) is 2.81. The van der Waals surface area contributed by atoms with Gasteiger partial charge in [0.05, 0.1) is 7.11 Å². The first-order chi connectivity index (χ1) is 16.5. The molecule has 1 aliphatic carbocycles. The second-order valence-corrected chi connectivity index (χ2v) is 10.2. The number of aromatic hydroxyl groups is 1. The zero-order chi connectivity index (χ0) is 26.2. The van der Waals surface area contributed by atoms with E-state index in [2.05, 4.69) is 15.4 Å². The van der Waals surface area contributed by atoms with Crippen LogP contribution in [0.25, 0.3) is 0 Å². The molecule has 1 saturated carbocycles. The van der Waals surface area contributed by atoms with Gasteiger partial charge in [0, 0.05) is 11.6 Å². The number of amides is 3. The van der Waals surface area contributed by atoms with Gasteiger partial charge in [0.15, 0.2) is 0 Å². The molecule has 0 aliphatic heterocycles. The number of rotatable bonds is 11. The maximum atomic E-state index is 13.8. The predicted molar refractivity (Wildman–Crippen MR) is 132 cm³/mol. The maximum absolute atomic E-state index is 13.8. The van der Waals surface area contributed by atoms with E-state index in [0.717, 1.165) is 0 Å². The zero-order valence-electron chi connectivity index (χ0n) is 20.8. The minimum atomic E-state index is -1.21. The van der Waals surface area contributed by atoms with Crippen molar-refractivity contribution in [2.75, 3.05) is 25.7 Å². The molecular formula is C24H35N3O7S. The summed E-state index contributed by atoms with van der Waals surface area (Å²) in [5.41, 5.74) is -0.532. The number of thioether (sulfide) groups is 1. The van der Waals surface area contributed by atoms with E-state index >= 15 is 0 Å². The lowest BCUT2D eigenvalue weighted by atomic mass is 10.0. The van der Waals surface area contributed by atoms with Crippen LogP contribution in [-0.2, 0) is 23.9 Å². The van der Waals surface area contributed by atoms with Crippen molar-refractivity contribution in [1.29, 1.82) is 0 Å². The summed E-state index contributed by atoms with van der Waals surface area (Å²) in [6, 6.07) is 3.83. The van der Waals surface area contributed by atoms with Gasteiger partial charge in [0.2, 0.25) is 11.8 Å². The number of nitrogens with one attached hydrogen (secondary N) is 2. The first-order valence-electron chi connectivity index (χ1n) is 11.4. The van der Waals surface area contributed by atoms with Gasteiger partial charge < -0.3 is 30.1 Å². The Labute approximate surface area is 210 Å². The number of phenolic OH excluding ortho intramolecular Hbond substituents is 1. The molecule has 1 aromatic rings. The average molecular weight is 510 g/mol. The second kappa shape index (κ2) is 12.7. The third-order valence-corrected chi connectivity index (χ3v) is 5.83. The molecule has 0 saturated heterocycles. The molecule has 1 fully saturated rings. The number of carbonyl (C=O) groups excluding carboxylic acids is 4. The molecule has 0 heterocycles. The molecule has 194 valence electrons. The fourth-order valence-corrected chi connectivity index (χ4v) is 3.93. The van der Waals surface area contributed by atoms with Crippen molar-refractivity contribution in [3.63, 3.8) is 0 Å². The molecular weight excluding hydrogens is 474 g/mol. The topological polar surface area (TPSA) is 134 Å². The lowest BCUT2D eigenvalue weighted by Gasteiger charge is -2.34. The third-order valence-electron chi connectivity index (χ3n) is 5.19. The Balaban J connectivity index is 2.41. The molecule has 0 bridgehead atoms. The lowest BCUT2D eigenvalue weighted by molar-refractivity contribution is -0.145. The van der Waals surface area contributed by atoms with Crippen molar-refractivity contribution < 1.29 is 33.8 Å². The number of hydrogen-bond acceptors (Lipinski definition) is 8. The van der Waals surface area contributed by atoms with E-state index in [-0.39, 0.29) is 17.4 Å². The molecule has 11 heteroatoms.